The number of benzene rings is 1. The Labute approximate surface area is 124 Å². The van der Waals surface area contributed by atoms with Gasteiger partial charge < -0.3 is 4.98 Å². The van der Waals surface area contributed by atoms with Crippen molar-refractivity contribution in [2.75, 3.05) is 0 Å². The summed E-state index contributed by atoms with van der Waals surface area (Å²) in [6.45, 7) is 0. The number of halogens is 3. The van der Waals surface area contributed by atoms with Crippen LogP contribution >= 0.6 is 34.8 Å². The number of aromatic amines is 1. The molecule has 0 radical (unpaired) electrons. The summed E-state index contributed by atoms with van der Waals surface area (Å²) in [4.78, 5) is 14.1. The first-order chi connectivity index (χ1) is 9.04. The van der Waals surface area contributed by atoms with E-state index in [0.717, 1.165) is 0 Å². The predicted octanol–water partition coefficient (Wildman–Crippen LogP) is 4.07. The van der Waals surface area contributed by atoms with Gasteiger partial charge in [0, 0.05) is 17.3 Å². The van der Waals surface area contributed by atoms with E-state index in [9.17, 15) is 4.79 Å². The van der Waals surface area contributed by atoms with Crippen LogP contribution in [0, 0.1) is 11.3 Å². The highest BCUT2D eigenvalue weighted by Gasteiger charge is 2.12. The number of nitrogens with zero attached hydrogens (tertiary/aromatic N) is 1. The van der Waals surface area contributed by atoms with E-state index in [4.69, 9.17) is 40.1 Å². The Morgan fingerprint density at radius 2 is 1.95 bits per heavy atom. The van der Waals surface area contributed by atoms with E-state index < -0.39 is 0 Å². The lowest BCUT2D eigenvalue weighted by atomic mass is 10.0. The fraction of sp³-hybridized carbons (Fsp3) is 0.0769. The molecule has 0 aliphatic rings. The molecular formula is C13H7Cl3N2O. The van der Waals surface area contributed by atoms with E-state index in [1.165, 1.54) is 6.20 Å². The van der Waals surface area contributed by atoms with E-state index in [2.05, 4.69) is 4.98 Å². The van der Waals surface area contributed by atoms with Crippen molar-refractivity contribution in [2.45, 2.75) is 6.42 Å². The zero-order valence-electron chi connectivity index (χ0n) is 9.51. The van der Waals surface area contributed by atoms with Crippen molar-refractivity contribution < 1.29 is 0 Å². The minimum absolute atomic E-state index is 0.0299. The summed E-state index contributed by atoms with van der Waals surface area (Å²) in [5.74, 6) is 0. The molecule has 0 fully saturated rings. The monoisotopic (exact) mass is 312 g/mol. The second kappa shape index (κ2) is 5.66. The van der Waals surface area contributed by atoms with Crippen molar-refractivity contribution in [3.63, 3.8) is 0 Å². The second-order valence-electron chi connectivity index (χ2n) is 3.80. The predicted molar refractivity (Wildman–Crippen MR) is 76.8 cm³/mol. The summed E-state index contributed by atoms with van der Waals surface area (Å²) in [5, 5.41) is 9.60. The number of rotatable bonds is 2. The van der Waals surface area contributed by atoms with Gasteiger partial charge in [0.2, 0.25) is 0 Å². The van der Waals surface area contributed by atoms with Crippen molar-refractivity contribution >= 4 is 34.8 Å². The first-order valence-electron chi connectivity index (χ1n) is 5.27. The van der Waals surface area contributed by atoms with Crippen molar-refractivity contribution in [3.05, 3.63) is 55.4 Å². The lowest BCUT2D eigenvalue weighted by Crippen LogP contribution is -2.11. The van der Waals surface area contributed by atoms with Gasteiger partial charge >= 0.3 is 0 Å². The molecule has 0 spiro atoms. The van der Waals surface area contributed by atoms with Crippen LogP contribution in [0.1, 0.15) is 5.56 Å². The minimum atomic E-state index is -0.290. The number of H-pyrrole nitrogens is 1. The number of hydrogen-bond acceptors (Lipinski definition) is 2. The summed E-state index contributed by atoms with van der Waals surface area (Å²) < 4.78 is 0. The van der Waals surface area contributed by atoms with Gasteiger partial charge in [-0.3, -0.25) is 4.79 Å². The van der Waals surface area contributed by atoms with Gasteiger partial charge in [-0.25, -0.2) is 0 Å². The van der Waals surface area contributed by atoms with Crippen LogP contribution < -0.4 is 5.56 Å². The summed E-state index contributed by atoms with van der Waals surface area (Å²) in [6, 6.07) is 6.89. The van der Waals surface area contributed by atoms with E-state index in [1.54, 1.807) is 18.2 Å². The summed E-state index contributed by atoms with van der Waals surface area (Å²) in [5.41, 5.74) is 1.41. The zero-order valence-corrected chi connectivity index (χ0v) is 11.8. The highest BCUT2D eigenvalue weighted by Crippen LogP contribution is 2.37. The maximum absolute atomic E-state index is 11.5. The zero-order chi connectivity index (χ0) is 14.0. The van der Waals surface area contributed by atoms with Crippen LogP contribution in [-0.4, -0.2) is 4.98 Å². The topological polar surface area (TPSA) is 56.6 Å². The van der Waals surface area contributed by atoms with Gasteiger partial charge in [-0.2, -0.15) is 5.26 Å². The van der Waals surface area contributed by atoms with E-state index >= 15 is 0 Å². The standard InChI is InChI=1S/C13H7Cl3N2O/c14-10-2-1-9(11(15)12(10)16)8-5-7(3-4-17)13(19)18-6-8/h1-2,5-6H,3H2,(H,18,19). The van der Waals surface area contributed by atoms with Gasteiger partial charge in [0.05, 0.1) is 27.6 Å². The molecule has 0 saturated carbocycles. The van der Waals surface area contributed by atoms with E-state index in [1.807, 2.05) is 6.07 Å². The molecule has 19 heavy (non-hydrogen) atoms. The minimum Gasteiger partial charge on any atom is -0.328 e. The Morgan fingerprint density at radius 3 is 2.63 bits per heavy atom. The van der Waals surface area contributed by atoms with Gasteiger partial charge in [-0.15, -0.1) is 0 Å². The molecule has 0 aliphatic heterocycles. The molecule has 2 rings (SSSR count). The maximum Gasteiger partial charge on any atom is 0.252 e. The van der Waals surface area contributed by atoms with E-state index in [-0.39, 0.29) is 17.0 Å². The molecule has 1 heterocycles. The molecule has 1 aromatic heterocycles. The van der Waals surface area contributed by atoms with Gasteiger partial charge in [-0.05, 0) is 17.7 Å². The van der Waals surface area contributed by atoms with Crippen LogP contribution in [0.5, 0.6) is 0 Å². The Bertz CT molecular complexity index is 732. The quantitative estimate of drug-likeness (QED) is 0.850. The fourth-order valence-electron chi connectivity index (χ4n) is 1.65. The van der Waals surface area contributed by atoms with E-state index in [0.29, 0.717) is 26.7 Å². The van der Waals surface area contributed by atoms with Crippen LogP contribution in [0.2, 0.25) is 15.1 Å². The summed E-state index contributed by atoms with van der Waals surface area (Å²) in [6.07, 6.45) is 1.55. The maximum atomic E-state index is 11.5. The number of pyridine rings is 1. The molecule has 96 valence electrons. The average Bonchev–Trinajstić information content (AvgIpc) is 2.39. The number of nitrogens with one attached hydrogen (secondary N) is 1. The van der Waals surface area contributed by atoms with Gasteiger partial charge in [0.25, 0.3) is 5.56 Å². The van der Waals surface area contributed by atoms with Crippen LogP contribution in [0.3, 0.4) is 0 Å². The molecule has 0 atom stereocenters. The molecule has 0 aliphatic carbocycles. The lowest BCUT2D eigenvalue weighted by Gasteiger charge is -2.08. The molecule has 1 N–H and O–H groups in total. The highest BCUT2D eigenvalue weighted by molar-refractivity contribution is 6.49. The van der Waals surface area contributed by atoms with Crippen molar-refractivity contribution in [1.82, 2.24) is 4.98 Å². The third-order valence-corrected chi connectivity index (χ3v) is 3.89. The molecule has 0 saturated heterocycles. The normalized spacial score (nSPS) is 10.2. The molecule has 0 bridgehead atoms. The molecule has 1 aromatic carbocycles. The van der Waals surface area contributed by atoms with Crippen LogP contribution in [0.4, 0.5) is 0 Å². The first-order valence-corrected chi connectivity index (χ1v) is 6.40. The number of nitriles is 1. The van der Waals surface area contributed by atoms with Crippen LogP contribution in [-0.2, 0) is 6.42 Å². The Kier molecular flexibility index (Phi) is 4.16. The van der Waals surface area contributed by atoms with Gasteiger partial charge in [0.15, 0.2) is 0 Å². The van der Waals surface area contributed by atoms with Crippen LogP contribution in [0.15, 0.2) is 29.2 Å². The first kappa shape index (κ1) is 14.0. The molecule has 6 heteroatoms. The average molecular weight is 314 g/mol. The molecule has 0 unspecified atom stereocenters. The van der Waals surface area contributed by atoms with Crippen LogP contribution in [0.25, 0.3) is 11.1 Å². The Morgan fingerprint density at radius 1 is 1.21 bits per heavy atom. The second-order valence-corrected chi connectivity index (χ2v) is 4.96. The Balaban J connectivity index is 2.60. The smallest absolute Gasteiger partial charge is 0.252 e. The number of hydrogen-bond donors (Lipinski definition) is 1. The molecule has 0 amide bonds. The fourth-order valence-corrected chi connectivity index (χ4v) is 2.30. The van der Waals surface area contributed by atoms with Gasteiger partial charge in [-0.1, -0.05) is 40.9 Å². The SMILES string of the molecule is N#CCc1cc(-c2ccc(Cl)c(Cl)c2Cl)c[nH]c1=O. The van der Waals surface area contributed by atoms with Crippen molar-refractivity contribution in [1.29, 1.82) is 5.26 Å². The third-order valence-electron chi connectivity index (χ3n) is 2.60. The summed E-state index contributed by atoms with van der Waals surface area (Å²) >= 11 is 18.0. The molecular weight excluding hydrogens is 307 g/mol. The lowest BCUT2D eigenvalue weighted by molar-refractivity contribution is 1.13. The molecule has 3 nitrogen and oxygen atoms in total. The largest absolute Gasteiger partial charge is 0.328 e. The van der Waals surface area contributed by atoms with Crippen molar-refractivity contribution in [2.24, 2.45) is 0 Å². The number of aromatic nitrogens is 1. The highest BCUT2D eigenvalue weighted by atomic mass is 35.5. The molecule has 2 aromatic rings. The van der Waals surface area contributed by atoms with Gasteiger partial charge in [0.1, 0.15) is 0 Å². The Hall–Kier alpha value is -1.47. The van der Waals surface area contributed by atoms with Crippen molar-refractivity contribution in [3.8, 4) is 17.2 Å². The summed E-state index contributed by atoms with van der Waals surface area (Å²) in [7, 11) is 0. The third kappa shape index (κ3) is 2.76.